The zero-order chi connectivity index (χ0) is 22.7. The molecule has 0 saturated heterocycles. The molecule has 0 atom stereocenters. The van der Waals surface area contributed by atoms with Gasteiger partial charge in [-0.15, -0.1) is 5.10 Å². The van der Waals surface area contributed by atoms with E-state index in [0.29, 0.717) is 21.6 Å². The highest BCUT2D eigenvalue weighted by atomic mass is 35.5. The number of aromatic nitrogens is 5. The molecule has 4 aromatic rings. The first-order chi connectivity index (χ1) is 15.4. The third kappa shape index (κ3) is 4.76. The van der Waals surface area contributed by atoms with E-state index in [1.807, 2.05) is 13.0 Å². The molecule has 1 amide bonds. The van der Waals surface area contributed by atoms with Gasteiger partial charge in [0.05, 0.1) is 17.1 Å². The Morgan fingerprint density at radius 1 is 1.16 bits per heavy atom. The Labute approximate surface area is 190 Å². The van der Waals surface area contributed by atoms with Gasteiger partial charge >= 0.3 is 0 Å². The predicted molar refractivity (Wildman–Crippen MR) is 117 cm³/mol. The van der Waals surface area contributed by atoms with Crippen molar-refractivity contribution in [1.82, 2.24) is 25.0 Å². The molecule has 162 valence electrons. The number of hydrogen-bond acceptors (Lipinski definition) is 6. The number of anilines is 1. The Morgan fingerprint density at radius 2 is 1.94 bits per heavy atom. The molecule has 11 heteroatoms. The fourth-order valence-corrected chi connectivity index (χ4v) is 3.77. The predicted octanol–water partition coefficient (Wildman–Crippen LogP) is 4.84. The van der Waals surface area contributed by atoms with E-state index >= 15 is 0 Å². The van der Waals surface area contributed by atoms with Crippen molar-refractivity contribution in [2.75, 3.05) is 5.32 Å². The third-order valence-electron chi connectivity index (χ3n) is 4.43. The van der Waals surface area contributed by atoms with E-state index in [1.54, 1.807) is 30.6 Å². The van der Waals surface area contributed by atoms with Gasteiger partial charge in [0.2, 0.25) is 0 Å². The van der Waals surface area contributed by atoms with E-state index in [0.717, 1.165) is 23.8 Å². The Morgan fingerprint density at radius 3 is 2.69 bits per heavy atom. The molecule has 0 fully saturated rings. The van der Waals surface area contributed by atoms with Crippen LogP contribution in [0, 0.1) is 18.6 Å². The second kappa shape index (κ2) is 9.41. The first-order valence-corrected chi connectivity index (χ1v) is 10.7. The number of nitrogens with one attached hydrogen (secondary N) is 1. The number of amides is 1. The summed E-state index contributed by atoms with van der Waals surface area (Å²) in [7, 11) is 0. The topological polar surface area (TPSA) is 85.6 Å². The minimum Gasteiger partial charge on any atom is -0.318 e. The molecule has 4 rings (SSSR count). The van der Waals surface area contributed by atoms with E-state index in [-0.39, 0.29) is 17.1 Å². The SMILES string of the molecule is Cc1ccc(-n2nnc(C(=O)Nc3cc(F)ccc3F)c2CSc2ncccn2)cc1Cl. The Hall–Kier alpha value is -3.37. The number of nitrogens with zero attached hydrogens (tertiary/aromatic N) is 5. The maximum Gasteiger partial charge on any atom is 0.278 e. The second-order valence-corrected chi connectivity index (χ2v) is 7.98. The lowest BCUT2D eigenvalue weighted by Gasteiger charge is -2.10. The van der Waals surface area contributed by atoms with Crippen molar-refractivity contribution >= 4 is 35.0 Å². The van der Waals surface area contributed by atoms with Gasteiger partial charge in [-0.25, -0.2) is 23.4 Å². The molecule has 1 N–H and O–H groups in total. The number of rotatable bonds is 6. The van der Waals surface area contributed by atoms with Crippen LogP contribution in [0.2, 0.25) is 5.02 Å². The van der Waals surface area contributed by atoms with Crippen LogP contribution < -0.4 is 5.32 Å². The number of benzene rings is 2. The number of halogens is 3. The van der Waals surface area contributed by atoms with Crippen molar-refractivity contribution in [3.05, 3.63) is 88.5 Å². The van der Waals surface area contributed by atoms with E-state index in [9.17, 15) is 13.6 Å². The van der Waals surface area contributed by atoms with Crippen molar-refractivity contribution in [1.29, 1.82) is 0 Å². The number of thioether (sulfide) groups is 1. The van der Waals surface area contributed by atoms with Gasteiger partial charge in [0.15, 0.2) is 10.9 Å². The van der Waals surface area contributed by atoms with Crippen LogP contribution in [-0.4, -0.2) is 30.9 Å². The third-order valence-corrected chi connectivity index (χ3v) is 5.73. The summed E-state index contributed by atoms with van der Waals surface area (Å²) in [6, 6.07) is 9.78. The number of aryl methyl sites for hydroxylation is 1. The highest BCUT2D eigenvalue weighted by Gasteiger charge is 2.22. The summed E-state index contributed by atoms with van der Waals surface area (Å²) in [6.45, 7) is 1.86. The molecule has 0 saturated carbocycles. The van der Waals surface area contributed by atoms with Crippen LogP contribution in [0.4, 0.5) is 14.5 Å². The van der Waals surface area contributed by atoms with Gasteiger partial charge in [0.1, 0.15) is 11.6 Å². The molecule has 0 aliphatic carbocycles. The molecule has 0 spiro atoms. The highest BCUT2D eigenvalue weighted by molar-refractivity contribution is 7.98. The molecule has 32 heavy (non-hydrogen) atoms. The Bertz CT molecular complexity index is 1280. The molecule has 0 bridgehead atoms. The first-order valence-electron chi connectivity index (χ1n) is 9.29. The normalized spacial score (nSPS) is 10.9. The van der Waals surface area contributed by atoms with E-state index in [1.165, 1.54) is 16.4 Å². The molecule has 0 aliphatic heterocycles. The van der Waals surface area contributed by atoms with Gasteiger partial charge in [-0.05, 0) is 42.8 Å². The van der Waals surface area contributed by atoms with Crippen LogP contribution in [0.3, 0.4) is 0 Å². The monoisotopic (exact) mass is 472 g/mol. The van der Waals surface area contributed by atoms with E-state index in [2.05, 4.69) is 25.6 Å². The van der Waals surface area contributed by atoms with Crippen LogP contribution in [0.1, 0.15) is 21.7 Å². The van der Waals surface area contributed by atoms with Crippen LogP contribution in [0.25, 0.3) is 5.69 Å². The molecule has 2 aromatic carbocycles. The maximum atomic E-state index is 14.0. The average Bonchev–Trinajstić information content (AvgIpc) is 3.21. The summed E-state index contributed by atoms with van der Waals surface area (Å²) in [5.41, 5.74) is 1.54. The fourth-order valence-electron chi connectivity index (χ4n) is 2.80. The number of carbonyl (C=O) groups is 1. The van der Waals surface area contributed by atoms with Gasteiger partial charge < -0.3 is 5.32 Å². The molecule has 0 aliphatic rings. The molecular weight excluding hydrogens is 458 g/mol. The number of carbonyl (C=O) groups excluding carboxylic acids is 1. The van der Waals surface area contributed by atoms with Crippen molar-refractivity contribution in [3.63, 3.8) is 0 Å². The number of hydrogen-bond donors (Lipinski definition) is 1. The van der Waals surface area contributed by atoms with Gasteiger partial charge in [-0.2, -0.15) is 0 Å². The zero-order valence-corrected chi connectivity index (χ0v) is 18.2. The van der Waals surface area contributed by atoms with E-state index < -0.39 is 17.5 Å². The zero-order valence-electron chi connectivity index (χ0n) is 16.6. The second-order valence-electron chi connectivity index (χ2n) is 6.63. The van der Waals surface area contributed by atoms with Crippen molar-refractivity contribution in [3.8, 4) is 5.69 Å². The average molecular weight is 473 g/mol. The van der Waals surface area contributed by atoms with E-state index in [4.69, 9.17) is 11.6 Å². The summed E-state index contributed by atoms with van der Waals surface area (Å²) in [6.07, 6.45) is 3.20. The summed E-state index contributed by atoms with van der Waals surface area (Å²) in [4.78, 5) is 21.2. The van der Waals surface area contributed by atoms with Crippen LogP contribution in [-0.2, 0) is 5.75 Å². The summed E-state index contributed by atoms with van der Waals surface area (Å²) >= 11 is 7.52. The summed E-state index contributed by atoms with van der Waals surface area (Å²) in [5, 5.41) is 11.5. The minimum absolute atomic E-state index is 0.0474. The lowest BCUT2D eigenvalue weighted by Crippen LogP contribution is -2.16. The standard InChI is InChI=1S/C21H15ClF2N6OS/c1-12-3-5-14(10-15(12)22)30-18(11-32-21-25-7-2-8-26-21)19(28-29-30)20(31)27-17-9-13(23)4-6-16(17)24/h2-10H,11H2,1H3,(H,27,31). The molecular formula is C21H15ClF2N6OS. The summed E-state index contributed by atoms with van der Waals surface area (Å²) < 4.78 is 29.0. The Balaban J connectivity index is 1.70. The molecule has 2 aromatic heterocycles. The minimum atomic E-state index is -0.772. The van der Waals surface area contributed by atoms with Gasteiger partial charge in [0.25, 0.3) is 5.91 Å². The maximum absolute atomic E-state index is 14.0. The van der Waals surface area contributed by atoms with Crippen LogP contribution >= 0.6 is 23.4 Å². The van der Waals surface area contributed by atoms with Crippen LogP contribution in [0.5, 0.6) is 0 Å². The highest BCUT2D eigenvalue weighted by Crippen LogP contribution is 2.26. The fraction of sp³-hybridized carbons (Fsp3) is 0.0952. The largest absolute Gasteiger partial charge is 0.318 e. The molecule has 0 radical (unpaired) electrons. The van der Waals surface area contributed by atoms with Crippen LogP contribution in [0.15, 0.2) is 60.0 Å². The smallest absolute Gasteiger partial charge is 0.278 e. The van der Waals surface area contributed by atoms with Crippen molar-refractivity contribution < 1.29 is 13.6 Å². The van der Waals surface area contributed by atoms with Gasteiger partial charge in [-0.3, -0.25) is 4.79 Å². The van der Waals surface area contributed by atoms with Gasteiger partial charge in [0, 0.05) is 29.2 Å². The molecule has 7 nitrogen and oxygen atoms in total. The Kier molecular flexibility index (Phi) is 6.42. The molecule has 0 unspecified atom stereocenters. The van der Waals surface area contributed by atoms with Crippen molar-refractivity contribution in [2.45, 2.75) is 17.8 Å². The lowest BCUT2D eigenvalue weighted by atomic mass is 10.2. The quantitative estimate of drug-likeness (QED) is 0.319. The molecule has 2 heterocycles. The van der Waals surface area contributed by atoms with Crippen molar-refractivity contribution in [2.24, 2.45) is 0 Å². The first kappa shape index (κ1) is 21.8. The lowest BCUT2D eigenvalue weighted by molar-refractivity contribution is 0.102. The van der Waals surface area contributed by atoms with Gasteiger partial charge in [-0.1, -0.05) is 34.6 Å². The summed E-state index contributed by atoms with van der Waals surface area (Å²) in [5.74, 6) is -1.96.